The highest BCUT2D eigenvalue weighted by molar-refractivity contribution is 6.30. The molecule has 3 N–H and O–H groups in total. The van der Waals surface area contributed by atoms with Gasteiger partial charge in [0.1, 0.15) is 11.6 Å². The lowest BCUT2D eigenvalue weighted by Gasteiger charge is -2.33. The first-order chi connectivity index (χ1) is 15.6. The van der Waals surface area contributed by atoms with Crippen LogP contribution in [0.5, 0.6) is 0 Å². The van der Waals surface area contributed by atoms with Crippen LogP contribution in [0.4, 0.5) is 15.9 Å². The fourth-order valence-corrected chi connectivity index (χ4v) is 4.25. The Balaban J connectivity index is 1.56. The number of carbonyl (C=O) groups is 1. The predicted molar refractivity (Wildman–Crippen MR) is 127 cm³/mol. The Hall–Kier alpha value is -2.96. The van der Waals surface area contributed by atoms with Crippen LogP contribution in [0.1, 0.15) is 28.8 Å². The van der Waals surface area contributed by atoms with Crippen LogP contribution in [0.25, 0.3) is 0 Å². The summed E-state index contributed by atoms with van der Waals surface area (Å²) >= 11 is 5.88. The van der Waals surface area contributed by atoms with Crippen LogP contribution in [-0.4, -0.2) is 30.0 Å². The number of benzene rings is 2. The van der Waals surface area contributed by atoms with Crippen LogP contribution in [0, 0.1) is 11.7 Å². The maximum atomic E-state index is 13.8. The first kappa shape index (κ1) is 22.2. The molecule has 1 fully saturated rings. The second kappa shape index (κ2) is 10.6. The van der Waals surface area contributed by atoms with E-state index in [9.17, 15) is 9.18 Å². The number of para-hydroxylation sites is 1. The van der Waals surface area contributed by atoms with Gasteiger partial charge in [-0.1, -0.05) is 35.9 Å². The molecule has 1 saturated heterocycles. The molecule has 0 spiro atoms. The highest BCUT2D eigenvalue weighted by Gasteiger charge is 2.25. The molecule has 1 aliphatic rings. The maximum absolute atomic E-state index is 13.8. The van der Waals surface area contributed by atoms with Crippen LogP contribution in [0.2, 0.25) is 5.02 Å². The highest BCUT2D eigenvalue weighted by atomic mass is 35.5. The predicted octanol–water partition coefficient (Wildman–Crippen LogP) is 5.15. The van der Waals surface area contributed by atoms with Crippen molar-refractivity contribution >= 4 is 29.0 Å². The molecule has 7 heteroatoms. The van der Waals surface area contributed by atoms with Crippen molar-refractivity contribution < 1.29 is 9.18 Å². The normalized spacial score (nSPS) is 15.2. The van der Waals surface area contributed by atoms with Gasteiger partial charge < -0.3 is 16.0 Å². The van der Waals surface area contributed by atoms with Crippen molar-refractivity contribution in [2.45, 2.75) is 25.3 Å². The maximum Gasteiger partial charge on any atom is 0.258 e. The van der Waals surface area contributed by atoms with E-state index in [-0.39, 0.29) is 17.8 Å². The Morgan fingerprint density at radius 3 is 2.69 bits per heavy atom. The topological polar surface area (TPSA) is 66.0 Å². The number of amides is 1. The number of pyridine rings is 1. The van der Waals surface area contributed by atoms with Crippen molar-refractivity contribution in [1.82, 2.24) is 10.3 Å². The molecule has 0 saturated carbocycles. The third kappa shape index (κ3) is 5.84. The van der Waals surface area contributed by atoms with E-state index in [0.29, 0.717) is 28.7 Å². The molecule has 0 bridgehead atoms. The average molecular weight is 453 g/mol. The summed E-state index contributed by atoms with van der Waals surface area (Å²) < 4.78 is 13.8. The van der Waals surface area contributed by atoms with E-state index in [1.54, 1.807) is 30.3 Å². The molecule has 0 aliphatic carbocycles. The van der Waals surface area contributed by atoms with Gasteiger partial charge in [-0.2, -0.15) is 0 Å². The van der Waals surface area contributed by atoms with Crippen molar-refractivity contribution in [2.24, 2.45) is 5.92 Å². The fourth-order valence-electron chi connectivity index (χ4n) is 4.14. The first-order valence-corrected chi connectivity index (χ1v) is 11.2. The minimum absolute atomic E-state index is 0.0708. The first-order valence-electron chi connectivity index (χ1n) is 10.8. The SMILES string of the molecule is O=C(Nc1ccc(Cl)cn1)c1ccccc1NC(Cc1cccc(F)c1)C1CCNCC1. The van der Waals surface area contributed by atoms with Gasteiger partial charge in [0, 0.05) is 17.9 Å². The molecule has 1 aromatic heterocycles. The Morgan fingerprint density at radius 1 is 1.12 bits per heavy atom. The lowest BCUT2D eigenvalue weighted by molar-refractivity contribution is 0.102. The molecule has 1 aliphatic heterocycles. The lowest BCUT2D eigenvalue weighted by atomic mass is 9.86. The molecule has 32 heavy (non-hydrogen) atoms. The number of rotatable bonds is 7. The summed E-state index contributed by atoms with van der Waals surface area (Å²) in [5, 5.41) is 10.3. The van der Waals surface area contributed by atoms with Crippen LogP contribution >= 0.6 is 11.6 Å². The van der Waals surface area contributed by atoms with Gasteiger partial charge in [-0.25, -0.2) is 9.37 Å². The molecule has 4 rings (SSSR count). The third-order valence-electron chi connectivity index (χ3n) is 5.78. The quantitative estimate of drug-likeness (QED) is 0.464. The third-order valence-corrected chi connectivity index (χ3v) is 6.00. The molecule has 2 heterocycles. The van der Waals surface area contributed by atoms with Crippen molar-refractivity contribution in [1.29, 1.82) is 0 Å². The van der Waals surface area contributed by atoms with Gasteiger partial charge in [0.15, 0.2) is 0 Å². The van der Waals surface area contributed by atoms with Crippen LogP contribution in [0.3, 0.4) is 0 Å². The van der Waals surface area contributed by atoms with E-state index in [0.717, 1.165) is 37.2 Å². The zero-order valence-corrected chi connectivity index (χ0v) is 18.4. The second-order valence-electron chi connectivity index (χ2n) is 8.03. The molecular formula is C25H26ClFN4O. The number of piperidine rings is 1. The van der Waals surface area contributed by atoms with Gasteiger partial charge in [-0.3, -0.25) is 4.79 Å². The van der Waals surface area contributed by atoms with Crippen molar-refractivity contribution in [3.8, 4) is 0 Å². The van der Waals surface area contributed by atoms with Crippen LogP contribution < -0.4 is 16.0 Å². The smallest absolute Gasteiger partial charge is 0.258 e. The standard InChI is InChI=1S/C25H26ClFN4O/c26-19-8-9-24(29-16-19)31-25(32)21-6-1-2-7-22(21)30-23(18-10-12-28-13-11-18)15-17-4-3-5-20(27)14-17/h1-9,14,16,18,23,28,30H,10-13,15H2,(H,29,31,32). The molecule has 1 atom stereocenters. The molecule has 1 unspecified atom stereocenters. The van der Waals surface area contributed by atoms with E-state index in [1.807, 2.05) is 24.3 Å². The summed E-state index contributed by atoms with van der Waals surface area (Å²) in [6.45, 7) is 1.91. The largest absolute Gasteiger partial charge is 0.381 e. The zero-order valence-electron chi connectivity index (χ0n) is 17.7. The zero-order chi connectivity index (χ0) is 22.3. The van der Waals surface area contributed by atoms with Crippen LogP contribution in [-0.2, 0) is 6.42 Å². The second-order valence-corrected chi connectivity index (χ2v) is 8.47. The Labute approximate surface area is 192 Å². The monoisotopic (exact) mass is 452 g/mol. The number of anilines is 2. The lowest BCUT2D eigenvalue weighted by Crippen LogP contribution is -2.39. The number of nitrogens with one attached hydrogen (secondary N) is 3. The minimum atomic E-state index is -0.252. The summed E-state index contributed by atoms with van der Waals surface area (Å²) in [5.74, 6) is 0.358. The van der Waals surface area contributed by atoms with Crippen molar-refractivity contribution in [2.75, 3.05) is 23.7 Å². The number of hydrogen-bond acceptors (Lipinski definition) is 4. The number of halogens is 2. The van der Waals surface area contributed by atoms with E-state index in [1.165, 1.54) is 12.3 Å². The number of nitrogens with zero attached hydrogens (tertiary/aromatic N) is 1. The molecule has 5 nitrogen and oxygen atoms in total. The van der Waals surface area contributed by atoms with Gasteiger partial charge >= 0.3 is 0 Å². The van der Waals surface area contributed by atoms with E-state index >= 15 is 0 Å². The summed E-state index contributed by atoms with van der Waals surface area (Å²) in [7, 11) is 0. The van der Waals surface area contributed by atoms with Crippen molar-refractivity contribution in [3.05, 3.63) is 88.8 Å². The van der Waals surface area contributed by atoms with Gasteiger partial charge in [-0.15, -0.1) is 0 Å². The summed E-state index contributed by atoms with van der Waals surface area (Å²) in [6, 6.07) is 17.6. The van der Waals surface area contributed by atoms with Gasteiger partial charge in [0.25, 0.3) is 5.91 Å². The fraction of sp³-hybridized carbons (Fsp3) is 0.280. The van der Waals surface area contributed by atoms with E-state index < -0.39 is 0 Å². The van der Waals surface area contributed by atoms with Crippen molar-refractivity contribution in [3.63, 3.8) is 0 Å². The Morgan fingerprint density at radius 2 is 1.94 bits per heavy atom. The molecular weight excluding hydrogens is 427 g/mol. The average Bonchev–Trinajstić information content (AvgIpc) is 2.81. The molecule has 3 aromatic rings. The van der Waals surface area contributed by atoms with E-state index in [2.05, 4.69) is 20.9 Å². The summed E-state index contributed by atoms with van der Waals surface area (Å²) in [6.07, 6.45) is 4.22. The van der Waals surface area contributed by atoms with Gasteiger partial charge in [-0.05, 0) is 80.2 Å². The number of carbonyl (C=O) groups excluding carboxylic acids is 1. The molecule has 1 amide bonds. The number of aromatic nitrogens is 1. The minimum Gasteiger partial charge on any atom is -0.381 e. The molecule has 2 aromatic carbocycles. The Bertz CT molecular complexity index is 1050. The van der Waals surface area contributed by atoms with Gasteiger partial charge in [0.2, 0.25) is 0 Å². The number of hydrogen-bond donors (Lipinski definition) is 3. The highest BCUT2D eigenvalue weighted by Crippen LogP contribution is 2.26. The molecule has 166 valence electrons. The Kier molecular flexibility index (Phi) is 7.35. The summed E-state index contributed by atoms with van der Waals surface area (Å²) in [4.78, 5) is 17.1. The molecule has 0 radical (unpaired) electrons. The summed E-state index contributed by atoms with van der Waals surface area (Å²) in [5.41, 5.74) is 2.22. The van der Waals surface area contributed by atoms with Crippen LogP contribution in [0.15, 0.2) is 66.9 Å². The van der Waals surface area contributed by atoms with Gasteiger partial charge in [0.05, 0.1) is 10.6 Å². The van der Waals surface area contributed by atoms with E-state index in [4.69, 9.17) is 11.6 Å².